The number of nitrogens with one attached hydrogen (secondary N) is 1. The summed E-state index contributed by atoms with van der Waals surface area (Å²) in [6.07, 6.45) is 0. The molecule has 3 aromatic rings. The van der Waals surface area contributed by atoms with Gasteiger partial charge in [0.05, 0.1) is 13.7 Å². The van der Waals surface area contributed by atoms with Crippen LogP contribution in [0.3, 0.4) is 0 Å². The van der Waals surface area contributed by atoms with E-state index in [1.165, 1.54) is 11.3 Å². The van der Waals surface area contributed by atoms with Crippen LogP contribution >= 0.6 is 11.3 Å². The van der Waals surface area contributed by atoms with Crippen LogP contribution < -0.4 is 14.9 Å². The van der Waals surface area contributed by atoms with Gasteiger partial charge in [0.2, 0.25) is 0 Å². The molecule has 0 saturated carbocycles. The number of carbonyl (C=O) groups excluding carboxylic acids is 2. The first-order chi connectivity index (χ1) is 15.3. The summed E-state index contributed by atoms with van der Waals surface area (Å²) in [5, 5.41) is 2.84. The molecule has 0 radical (unpaired) electrons. The molecule has 2 heterocycles. The van der Waals surface area contributed by atoms with E-state index in [0.717, 1.165) is 17.1 Å². The Balaban J connectivity index is 1.81. The summed E-state index contributed by atoms with van der Waals surface area (Å²) in [5.41, 5.74) is 1.44. The molecule has 32 heavy (non-hydrogen) atoms. The lowest BCUT2D eigenvalue weighted by atomic mass is 10.2. The van der Waals surface area contributed by atoms with Crippen LogP contribution in [0, 0.1) is 13.8 Å². The van der Waals surface area contributed by atoms with Crippen LogP contribution in [0.1, 0.15) is 37.2 Å². The van der Waals surface area contributed by atoms with Gasteiger partial charge >= 0.3 is 0 Å². The highest BCUT2D eigenvalue weighted by molar-refractivity contribution is 7.09. The summed E-state index contributed by atoms with van der Waals surface area (Å²) in [7, 11) is 5.45. The number of likely N-dealkylation sites (N-methyl/N-ethyl adjacent to an activating group) is 1. The molecule has 0 atom stereocenters. The van der Waals surface area contributed by atoms with E-state index < -0.39 is 0 Å². The van der Waals surface area contributed by atoms with E-state index in [1.54, 1.807) is 43.5 Å². The third-order valence-electron chi connectivity index (χ3n) is 4.95. The van der Waals surface area contributed by atoms with Crippen molar-refractivity contribution in [3.05, 3.63) is 68.9 Å². The van der Waals surface area contributed by atoms with Crippen molar-refractivity contribution in [1.82, 2.24) is 14.8 Å². The Bertz CT molecular complexity index is 1170. The van der Waals surface area contributed by atoms with Crippen LogP contribution in [0.5, 0.6) is 5.75 Å². The Labute approximate surface area is 191 Å². The molecule has 0 saturated heterocycles. The third kappa shape index (κ3) is 5.74. The second-order valence-corrected chi connectivity index (χ2v) is 8.77. The third-order valence-corrected chi connectivity index (χ3v) is 6.04. The maximum absolute atomic E-state index is 12.7. The molecule has 1 aromatic carbocycles. The van der Waals surface area contributed by atoms with Crippen molar-refractivity contribution >= 4 is 23.2 Å². The van der Waals surface area contributed by atoms with E-state index in [9.17, 15) is 9.59 Å². The maximum Gasteiger partial charge on any atom is 0.287 e. The molecule has 3 rings (SSSR count). The molecule has 0 spiro atoms. The van der Waals surface area contributed by atoms with Crippen molar-refractivity contribution in [2.24, 2.45) is 4.99 Å². The zero-order chi connectivity index (χ0) is 23.3. The highest BCUT2D eigenvalue weighted by Crippen LogP contribution is 2.16. The lowest BCUT2D eigenvalue weighted by Gasteiger charge is -2.09. The fourth-order valence-electron chi connectivity index (χ4n) is 3.00. The van der Waals surface area contributed by atoms with Crippen LogP contribution in [0.25, 0.3) is 0 Å². The molecule has 9 heteroatoms. The molecule has 0 fully saturated rings. The number of rotatable bonds is 8. The fourth-order valence-corrected chi connectivity index (χ4v) is 3.97. The number of hydrogen-bond donors (Lipinski definition) is 1. The molecule has 2 aromatic heterocycles. The van der Waals surface area contributed by atoms with E-state index in [0.29, 0.717) is 35.0 Å². The zero-order valence-corrected chi connectivity index (χ0v) is 19.8. The Kier molecular flexibility index (Phi) is 7.66. The fraction of sp³-hybridized carbons (Fsp3) is 0.348. The highest BCUT2D eigenvalue weighted by Gasteiger charge is 2.14. The Morgan fingerprint density at radius 1 is 1.22 bits per heavy atom. The molecule has 8 nitrogen and oxygen atoms in total. The van der Waals surface area contributed by atoms with Gasteiger partial charge in [-0.1, -0.05) is 6.07 Å². The topological polar surface area (TPSA) is 89.1 Å². The SMILES string of the molecule is COc1cccc(C(=O)N=c2sc(C)c(C)n2Cc2ccc(C(=O)NCCN(C)C)o2)c1. The monoisotopic (exact) mass is 456 g/mol. The molecular formula is C23H28N4O4S. The Morgan fingerprint density at radius 3 is 2.72 bits per heavy atom. The van der Waals surface area contributed by atoms with Crippen LogP contribution in [0.2, 0.25) is 0 Å². The average molecular weight is 457 g/mol. The number of aryl methyl sites for hydroxylation is 1. The van der Waals surface area contributed by atoms with Gasteiger partial charge in [0.25, 0.3) is 11.8 Å². The summed E-state index contributed by atoms with van der Waals surface area (Å²) in [4.78, 5) is 33.0. The van der Waals surface area contributed by atoms with Crippen molar-refractivity contribution in [3.8, 4) is 5.75 Å². The number of hydrogen-bond acceptors (Lipinski definition) is 6. The second kappa shape index (κ2) is 10.4. The van der Waals surface area contributed by atoms with E-state index in [1.807, 2.05) is 37.4 Å². The maximum atomic E-state index is 12.7. The number of nitrogens with zero attached hydrogens (tertiary/aromatic N) is 3. The minimum absolute atomic E-state index is 0.251. The minimum atomic E-state index is -0.348. The molecular weight excluding hydrogens is 428 g/mol. The number of carbonyl (C=O) groups is 2. The summed E-state index contributed by atoms with van der Waals surface area (Å²) in [6, 6.07) is 10.3. The van der Waals surface area contributed by atoms with Gasteiger partial charge in [-0.3, -0.25) is 9.59 Å². The first-order valence-corrected chi connectivity index (χ1v) is 11.0. The first kappa shape index (κ1) is 23.5. The van der Waals surface area contributed by atoms with Crippen LogP contribution in [-0.2, 0) is 6.54 Å². The van der Waals surface area contributed by atoms with Gasteiger partial charge in [-0.15, -0.1) is 11.3 Å². The number of furan rings is 1. The molecule has 170 valence electrons. The summed E-state index contributed by atoms with van der Waals surface area (Å²) < 4.78 is 12.9. The van der Waals surface area contributed by atoms with Gasteiger partial charge in [0.1, 0.15) is 11.5 Å². The van der Waals surface area contributed by atoms with Gasteiger partial charge in [0, 0.05) is 29.2 Å². The van der Waals surface area contributed by atoms with Gasteiger partial charge < -0.3 is 23.9 Å². The molecule has 1 N–H and O–H groups in total. The zero-order valence-electron chi connectivity index (χ0n) is 19.0. The Hall–Kier alpha value is -3.17. The largest absolute Gasteiger partial charge is 0.497 e. The quantitative estimate of drug-likeness (QED) is 0.563. The van der Waals surface area contributed by atoms with Crippen LogP contribution in [0.4, 0.5) is 0 Å². The predicted molar refractivity (Wildman–Crippen MR) is 123 cm³/mol. The van der Waals surface area contributed by atoms with Crippen molar-refractivity contribution in [3.63, 3.8) is 0 Å². The predicted octanol–water partition coefficient (Wildman–Crippen LogP) is 2.85. The van der Waals surface area contributed by atoms with Gasteiger partial charge in [-0.25, -0.2) is 0 Å². The van der Waals surface area contributed by atoms with Crippen molar-refractivity contribution < 1.29 is 18.7 Å². The summed E-state index contributed by atoms with van der Waals surface area (Å²) in [6.45, 7) is 5.60. The lowest BCUT2D eigenvalue weighted by Crippen LogP contribution is -2.31. The number of thiazole rings is 1. The van der Waals surface area contributed by atoms with Crippen molar-refractivity contribution in [1.29, 1.82) is 0 Å². The van der Waals surface area contributed by atoms with Crippen molar-refractivity contribution in [2.45, 2.75) is 20.4 Å². The van der Waals surface area contributed by atoms with Crippen LogP contribution in [0.15, 0.2) is 45.8 Å². The first-order valence-electron chi connectivity index (χ1n) is 10.2. The molecule has 2 amide bonds. The van der Waals surface area contributed by atoms with Gasteiger partial charge in [0.15, 0.2) is 10.6 Å². The highest BCUT2D eigenvalue weighted by atomic mass is 32.1. The summed E-state index contributed by atoms with van der Waals surface area (Å²) >= 11 is 1.44. The normalized spacial score (nSPS) is 11.8. The molecule has 0 aliphatic rings. The van der Waals surface area contributed by atoms with Crippen molar-refractivity contribution in [2.75, 3.05) is 34.3 Å². The van der Waals surface area contributed by atoms with E-state index in [2.05, 4.69) is 10.3 Å². The van der Waals surface area contributed by atoms with E-state index in [-0.39, 0.29) is 17.6 Å². The standard InChI is InChI=1S/C23H28N4O4S/c1-15-16(2)32-23(25-21(28)17-7-6-8-18(13-17)30-5)27(15)14-19-9-10-20(31-19)22(29)24-11-12-26(3)4/h6-10,13H,11-12,14H2,1-5H3,(H,24,29). The average Bonchev–Trinajstić information content (AvgIpc) is 3.34. The summed E-state index contributed by atoms with van der Waals surface area (Å²) in [5.74, 6) is 0.872. The van der Waals surface area contributed by atoms with Gasteiger partial charge in [-0.2, -0.15) is 4.99 Å². The second-order valence-electron chi connectivity index (χ2n) is 7.59. The van der Waals surface area contributed by atoms with E-state index >= 15 is 0 Å². The molecule has 0 aliphatic carbocycles. The van der Waals surface area contributed by atoms with Gasteiger partial charge in [-0.05, 0) is 58.3 Å². The lowest BCUT2D eigenvalue weighted by molar-refractivity contribution is 0.0921. The molecule has 0 aliphatic heterocycles. The number of ether oxygens (including phenoxy) is 1. The molecule has 0 bridgehead atoms. The number of amides is 2. The number of aromatic nitrogens is 1. The Morgan fingerprint density at radius 2 is 2.00 bits per heavy atom. The number of benzene rings is 1. The smallest absolute Gasteiger partial charge is 0.287 e. The number of methoxy groups -OCH3 is 1. The van der Waals surface area contributed by atoms with Crippen LogP contribution in [-0.4, -0.2) is 55.6 Å². The van der Waals surface area contributed by atoms with E-state index in [4.69, 9.17) is 9.15 Å². The minimum Gasteiger partial charge on any atom is -0.497 e. The molecule has 0 unspecified atom stereocenters.